The van der Waals surface area contributed by atoms with Gasteiger partial charge in [0.15, 0.2) is 5.96 Å². The van der Waals surface area contributed by atoms with Gasteiger partial charge >= 0.3 is 0 Å². The van der Waals surface area contributed by atoms with Crippen LogP contribution in [0.4, 0.5) is 0 Å². The summed E-state index contributed by atoms with van der Waals surface area (Å²) in [4.78, 5) is 6.33. The summed E-state index contributed by atoms with van der Waals surface area (Å²) in [5.41, 5.74) is 1.28. The lowest BCUT2D eigenvalue weighted by Gasteiger charge is -2.23. The molecule has 0 aliphatic rings. The Labute approximate surface area is 128 Å². The molecule has 1 rings (SSSR count). The summed E-state index contributed by atoms with van der Waals surface area (Å²) in [5, 5.41) is 7.48. The molecule has 0 radical (unpaired) electrons. The fourth-order valence-electron chi connectivity index (χ4n) is 1.68. The highest BCUT2D eigenvalue weighted by atomic mass is 32.2. The van der Waals surface area contributed by atoms with Crippen molar-refractivity contribution in [1.29, 1.82) is 0 Å². The van der Waals surface area contributed by atoms with Gasteiger partial charge in [0.25, 0.3) is 0 Å². The highest BCUT2D eigenvalue weighted by molar-refractivity contribution is 7.86. The number of guanidine groups is 1. The molecule has 0 aromatic carbocycles. The molecule has 0 spiro atoms. The Morgan fingerprint density at radius 3 is 2.70 bits per heavy atom. The van der Waals surface area contributed by atoms with Crippen molar-refractivity contribution in [3.63, 3.8) is 0 Å². The summed E-state index contributed by atoms with van der Waals surface area (Å²) in [6, 6.07) is 2.11. The summed E-state index contributed by atoms with van der Waals surface area (Å²) in [6.07, 6.45) is 0. The number of hydrogen-bond acceptors (Lipinski definition) is 3. The Balaban J connectivity index is 2.42. The maximum atomic E-state index is 12.0. The van der Waals surface area contributed by atoms with Gasteiger partial charge in [-0.1, -0.05) is 0 Å². The third-order valence-corrected chi connectivity index (χ3v) is 5.50. The Hall–Kier alpha value is -0.880. The molecule has 1 atom stereocenters. The van der Waals surface area contributed by atoms with E-state index in [4.69, 9.17) is 0 Å². The molecule has 4 nitrogen and oxygen atoms in total. The van der Waals surface area contributed by atoms with Crippen LogP contribution in [0, 0.1) is 0 Å². The predicted octanol–water partition coefficient (Wildman–Crippen LogP) is 2.30. The largest absolute Gasteiger partial charge is 0.355 e. The third-order valence-electron chi connectivity index (χ3n) is 2.83. The van der Waals surface area contributed by atoms with E-state index in [0.29, 0.717) is 12.3 Å². The lowest BCUT2D eigenvalue weighted by atomic mass is 10.3. The lowest BCUT2D eigenvalue weighted by molar-refractivity contribution is 0.480. The monoisotopic (exact) mass is 315 g/mol. The van der Waals surface area contributed by atoms with Crippen molar-refractivity contribution in [3.8, 4) is 0 Å². The maximum absolute atomic E-state index is 12.0. The fraction of sp³-hybridized carbons (Fsp3) is 0.643. The molecule has 0 fully saturated rings. The van der Waals surface area contributed by atoms with Crippen LogP contribution in [0.2, 0.25) is 0 Å². The van der Waals surface area contributed by atoms with Gasteiger partial charge in [0.05, 0.1) is 0 Å². The van der Waals surface area contributed by atoms with Crippen LogP contribution in [0.25, 0.3) is 0 Å². The molecule has 114 valence electrons. The zero-order valence-electron chi connectivity index (χ0n) is 13.0. The van der Waals surface area contributed by atoms with Gasteiger partial charge in [-0.05, 0) is 43.2 Å². The highest BCUT2D eigenvalue weighted by Gasteiger charge is 2.19. The molecule has 6 heteroatoms. The Bertz CT molecular complexity index is 449. The van der Waals surface area contributed by atoms with Gasteiger partial charge in [-0.3, -0.25) is 9.20 Å². The first kappa shape index (κ1) is 17.2. The van der Waals surface area contributed by atoms with E-state index in [1.165, 1.54) is 5.56 Å². The van der Waals surface area contributed by atoms with Crippen LogP contribution in [0.3, 0.4) is 0 Å². The van der Waals surface area contributed by atoms with Gasteiger partial charge in [-0.25, -0.2) is 0 Å². The van der Waals surface area contributed by atoms with E-state index in [0.717, 1.165) is 12.5 Å². The molecule has 0 saturated heterocycles. The number of hydrogen-bond donors (Lipinski definition) is 1. The Kier molecular flexibility index (Phi) is 6.68. The zero-order chi connectivity index (χ0) is 15.2. The molecular formula is C14H25N3OS2. The van der Waals surface area contributed by atoms with Crippen LogP contribution in [0.15, 0.2) is 21.8 Å². The van der Waals surface area contributed by atoms with Crippen LogP contribution in [-0.2, 0) is 17.3 Å². The van der Waals surface area contributed by atoms with Gasteiger partial charge in [-0.2, -0.15) is 11.3 Å². The smallest absolute Gasteiger partial charge is 0.193 e. The summed E-state index contributed by atoms with van der Waals surface area (Å²) in [5.74, 6) is 1.47. The quantitative estimate of drug-likeness (QED) is 0.670. The Morgan fingerprint density at radius 1 is 1.50 bits per heavy atom. The first-order chi connectivity index (χ1) is 9.34. The predicted molar refractivity (Wildman–Crippen MR) is 89.9 cm³/mol. The normalized spacial score (nSPS) is 14.2. The van der Waals surface area contributed by atoms with E-state index in [1.807, 2.05) is 27.8 Å². The van der Waals surface area contributed by atoms with Gasteiger partial charge in [0.1, 0.15) is 0 Å². The number of aliphatic imine (C=N–C) groups is 1. The molecule has 20 heavy (non-hydrogen) atoms. The summed E-state index contributed by atoms with van der Waals surface area (Å²) in [7, 11) is 2.94. The van der Waals surface area contributed by atoms with Crippen molar-refractivity contribution in [2.24, 2.45) is 4.99 Å². The van der Waals surface area contributed by atoms with Crippen LogP contribution in [0.1, 0.15) is 26.3 Å². The van der Waals surface area contributed by atoms with E-state index in [1.54, 1.807) is 18.4 Å². The fourth-order valence-corrected chi connectivity index (χ4v) is 3.24. The minimum absolute atomic E-state index is 0.159. The number of rotatable bonds is 5. The zero-order valence-corrected chi connectivity index (χ0v) is 14.6. The number of nitrogens with one attached hydrogen (secondary N) is 1. The molecular weight excluding hydrogens is 290 g/mol. The lowest BCUT2D eigenvalue weighted by Crippen LogP contribution is -2.41. The molecule has 0 saturated carbocycles. The van der Waals surface area contributed by atoms with Crippen molar-refractivity contribution in [3.05, 3.63) is 22.4 Å². The number of nitrogens with zero attached hydrogens (tertiary/aromatic N) is 2. The van der Waals surface area contributed by atoms with Gasteiger partial charge in [-0.15, -0.1) is 0 Å². The SMILES string of the molecule is CN=C(NCCS(=O)C(C)(C)C)N(C)Cc1ccsc1. The number of thiophene rings is 1. The molecule has 1 aromatic heterocycles. The summed E-state index contributed by atoms with van der Waals surface area (Å²) >= 11 is 1.70. The molecule has 1 aromatic rings. The van der Waals surface area contributed by atoms with Gasteiger partial charge in [0.2, 0.25) is 0 Å². The highest BCUT2D eigenvalue weighted by Crippen LogP contribution is 2.11. The van der Waals surface area contributed by atoms with Crippen LogP contribution < -0.4 is 5.32 Å². The third kappa shape index (κ3) is 5.63. The second-order valence-corrected chi connectivity index (χ2v) is 8.73. The second-order valence-electron chi connectivity index (χ2n) is 5.62. The van der Waals surface area contributed by atoms with E-state index >= 15 is 0 Å². The van der Waals surface area contributed by atoms with Gasteiger partial charge < -0.3 is 10.2 Å². The average Bonchev–Trinajstić information content (AvgIpc) is 2.85. The van der Waals surface area contributed by atoms with E-state index in [9.17, 15) is 4.21 Å². The van der Waals surface area contributed by atoms with E-state index < -0.39 is 10.8 Å². The van der Waals surface area contributed by atoms with Crippen molar-refractivity contribution < 1.29 is 4.21 Å². The molecule has 1 N–H and O–H groups in total. The first-order valence-corrected chi connectivity index (χ1v) is 8.92. The summed E-state index contributed by atoms with van der Waals surface area (Å²) in [6.45, 7) is 7.50. The van der Waals surface area contributed by atoms with E-state index in [-0.39, 0.29) is 4.75 Å². The molecule has 1 heterocycles. The minimum atomic E-state index is -0.835. The second kappa shape index (κ2) is 7.78. The summed E-state index contributed by atoms with van der Waals surface area (Å²) < 4.78 is 11.8. The standard InChI is InChI=1S/C14H25N3OS2/c1-14(2,3)20(18)9-7-16-13(15-4)17(5)10-12-6-8-19-11-12/h6,8,11H,7,9-10H2,1-5H3,(H,15,16). The van der Waals surface area contributed by atoms with Crippen LogP contribution in [-0.4, -0.2) is 46.2 Å². The van der Waals surface area contributed by atoms with Crippen LogP contribution >= 0.6 is 11.3 Å². The van der Waals surface area contributed by atoms with E-state index in [2.05, 4.69) is 32.0 Å². The molecule has 0 amide bonds. The molecule has 1 unspecified atom stereocenters. The average molecular weight is 316 g/mol. The molecule has 0 aliphatic carbocycles. The minimum Gasteiger partial charge on any atom is -0.355 e. The first-order valence-electron chi connectivity index (χ1n) is 6.66. The van der Waals surface area contributed by atoms with Crippen molar-refractivity contribution in [1.82, 2.24) is 10.2 Å². The van der Waals surface area contributed by atoms with Crippen LogP contribution in [0.5, 0.6) is 0 Å². The van der Waals surface area contributed by atoms with Crippen molar-refractivity contribution in [2.75, 3.05) is 26.4 Å². The maximum Gasteiger partial charge on any atom is 0.193 e. The molecule has 0 bridgehead atoms. The Morgan fingerprint density at radius 2 is 2.20 bits per heavy atom. The molecule has 0 aliphatic heterocycles. The van der Waals surface area contributed by atoms with Crippen molar-refractivity contribution >= 4 is 28.1 Å². The van der Waals surface area contributed by atoms with Crippen molar-refractivity contribution in [2.45, 2.75) is 32.1 Å². The topological polar surface area (TPSA) is 44.7 Å². The van der Waals surface area contributed by atoms with Gasteiger partial charge in [0, 0.05) is 48.5 Å².